The number of urea groups is 1. The Kier molecular flexibility index (Phi) is 9.96. The highest BCUT2D eigenvalue weighted by Crippen LogP contribution is 2.28. The summed E-state index contributed by atoms with van der Waals surface area (Å²) in [5.74, 6) is 1.69. The van der Waals surface area contributed by atoms with Gasteiger partial charge in [0.25, 0.3) is 5.56 Å². The highest BCUT2D eigenvalue weighted by molar-refractivity contribution is 9.10. The van der Waals surface area contributed by atoms with Gasteiger partial charge in [-0.2, -0.15) is 5.10 Å². The van der Waals surface area contributed by atoms with E-state index in [1.807, 2.05) is 97.9 Å². The van der Waals surface area contributed by atoms with E-state index in [4.69, 9.17) is 14.6 Å². The fourth-order valence-corrected chi connectivity index (χ4v) is 5.36. The number of nitrogens with one attached hydrogen (secondary N) is 2. The van der Waals surface area contributed by atoms with Crippen molar-refractivity contribution < 1.29 is 14.3 Å². The lowest BCUT2D eigenvalue weighted by Crippen LogP contribution is -2.29. The fraction of sp³-hybridized carbons (Fsp3) is 0.250. The highest BCUT2D eigenvalue weighted by Gasteiger charge is 2.22. The first-order chi connectivity index (χ1) is 22.0. The topological polar surface area (TPSA) is 99.4 Å². The van der Waals surface area contributed by atoms with Gasteiger partial charge in [0.15, 0.2) is 0 Å². The molecule has 0 spiro atoms. The molecule has 9 nitrogen and oxygen atoms in total. The number of methoxy groups -OCH3 is 1. The zero-order valence-electron chi connectivity index (χ0n) is 26.6. The van der Waals surface area contributed by atoms with E-state index in [0.717, 1.165) is 33.8 Å². The SMILES string of the molecule is COc1cccc(-n2nc(C(C)(C)C)cc2NC(=O)NCc2ccccc2COc2cc(C)n(Cc3ccccc3)c(=O)c2Br)c1. The van der Waals surface area contributed by atoms with Crippen molar-refractivity contribution >= 4 is 27.8 Å². The van der Waals surface area contributed by atoms with E-state index in [1.54, 1.807) is 16.4 Å². The molecule has 2 aromatic heterocycles. The average molecular weight is 685 g/mol. The molecule has 0 fully saturated rings. The van der Waals surface area contributed by atoms with Gasteiger partial charge < -0.3 is 19.4 Å². The number of benzene rings is 3. The molecule has 0 atom stereocenters. The van der Waals surface area contributed by atoms with E-state index < -0.39 is 0 Å². The molecule has 0 radical (unpaired) electrons. The summed E-state index contributed by atoms with van der Waals surface area (Å²) in [6.07, 6.45) is 0. The number of rotatable bonds is 10. The van der Waals surface area contributed by atoms with Gasteiger partial charge in [0.2, 0.25) is 0 Å². The second-order valence-electron chi connectivity index (χ2n) is 12.0. The van der Waals surface area contributed by atoms with Crippen LogP contribution in [0.3, 0.4) is 0 Å². The number of nitrogens with zero attached hydrogens (tertiary/aromatic N) is 3. The van der Waals surface area contributed by atoms with Crippen molar-refractivity contribution in [2.45, 2.75) is 52.8 Å². The number of pyridine rings is 1. The first-order valence-corrected chi connectivity index (χ1v) is 15.8. The molecule has 46 heavy (non-hydrogen) atoms. The standard InChI is InChI=1S/C36H38BrN5O4/c1-24-18-30(33(37)34(43)41(24)22-25-12-7-6-8-13-25)46-23-27-15-10-9-14-26(27)21-38-35(44)39-32-20-31(36(2,3)4)40-42(32)28-16-11-17-29(19-28)45-5/h6-20H,21-23H2,1-5H3,(H2,38,39,44). The molecule has 5 rings (SSSR count). The molecule has 10 heteroatoms. The number of aromatic nitrogens is 3. The van der Waals surface area contributed by atoms with Crippen LogP contribution in [0.5, 0.6) is 11.5 Å². The first kappa shape index (κ1) is 32.6. The number of halogens is 1. The Morgan fingerprint density at radius 3 is 2.37 bits per heavy atom. The summed E-state index contributed by atoms with van der Waals surface area (Å²) in [5.41, 5.74) is 4.82. The average Bonchev–Trinajstić information content (AvgIpc) is 3.48. The lowest BCUT2D eigenvalue weighted by atomic mass is 9.92. The van der Waals surface area contributed by atoms with Gasteiger partial charge in [0.1, 0.15) is 28.4 Å². The minimum Gasteiger partial charge on any atom is -0.497 e. The summed E-state index contributed by atoms with van der Waals surface area (Å²) in [6.45, 7) is 9.07. The Balaban J connectivity index is 1.28. The molecule has 2 amide bonds. The van der Waals surface area contributed by atoms with Crippen LogP contribution in [0.1, 0.15) is 48.8 Å². The van der Waals surface area contributed by atoms with Gasteiger partial charge in [0, 0.05) is 35.9 Å². The van der Waals surface area contributed by atoms with E-state index in [0.29, 0.717) is 28.3 Å². The number of aryl methyl sites for hydroxylation is 1. The second-order valence-corrected chi connectivity index (χ2v) is 12.8. The molecule has 0 unspecified atom stereocenters. The molecule has 5 aromatic rings. The maximum atomic E-state index is 13.2. The van der Waals surface area contributed by atoms with Gasteiger partial charge in [-0.25, -0.2) is 9.48 Å². The predicted molar refractivity (Wildman–Crippen MR) is 184 cm³/mol. The predicted octanol–water partition coefficient (Wildman–Crippen LogP) is 7.36. The number of hydrogen-bond donors (Lipinski definition) is 2. The van der Waals surface area contributed by atoms with Crippen LogP contribution in [0.15, 0.2) is 100 Å². The van der Waals surface area contributed by atoms with Gasteiger partial charge >= 0.3 is 6.03 Å². The molecule has 3 aromatic carbocycles. The van der Waals surface area contributed by atoms with Gasteiger partial charge in [-0.1, -0.05) is 81.4 Å². The van der Waals surface area contributed by atoms with Gasteiger partial charge in [-0.15, -0.1) is 0 Å². The fourth-order valence-electron chi connectivity index (χ4n) is 4.92. The summed E-state index contributed by atoms with van der Waals surface area (Å²) < 4.78 is 15.3. The molecular weight excluding hydrogens is 646 g/mol. The van der Waals surface area contributed by atoms with Crippen LogP contribution >= 0.6 is 15.9 Å². The number of carbonyl (C=O) groups is 1. The van der Waals surface area contributed by atoms with Crippen molar-refractivity contribution in [2.75, 3.05) is 12.4 Å². The largest absolute Gasteiger partial charge is 0.497 e. The molecular formula is C36H38BrN5O4. The van der Waals surface area contributed by atoms with Gasteiger partial charge in [0.05, 0.1) is 25.0 Å². The van der Waals surface area contributed by atoms with Gasteiger partial charge in [-0.3, -0.25) is 10.1 Å². The minimum atomic E-state index is -0.374. The molecule has 238 valence electrons. The van der Waals surface area contributed by atoms with Crippen molar-refractivity contribution in [3.05, 3.63) is 134 Å². The number of hydrogen-bond acceptors (Lipinski definition) is 5. The number of ether oxygens (including phenoxy) is 2. The van der Waals surface area contributed by atoms with Crippen molar-refractivity contribution in [3.8, 4) is 17.2 Å². The molecule has 2 heterocycles. The van der Waals surface area contributed by atoms with E-state index >= 15 is 0 Å². The van der Waals surface area contributed by atoms with Crippen LogP contribution in [0, 0.1) is 6.92 Å². The van der Waals surface area contributed by atoms with E-state index in [2.05, 4.69) is 47.3 Å². The zero-order valence-corrected chi connectivity index (χ0v) is 28.2. The zero-order chi connectivity index (χ0) is 32.8. The Hall–Kier alpha value is -4.83. The number of carbonyl (C=O) groups excluding carboxylic acids is 1. The monoisotopic (exact) mass is 683 g/mol. The first-order valence-electron chi connectivity index (χ1n) is 15.0. The normalized spacial score (nSPS) is 11.3. The smallest absolute Gasteiger partial charge is 0.320 e. The molecule has 0 saturated heterocycles. The second kappa shape index (κ2) is 14.1. The third kappa shape index (κ3) is 7.69. The van der Waals surface area contributed by atoms with Crippen LogP contribution in [0.2, 0.25) is 0 Å². The molecule has 2 N–H and O–H groups in total. The summed E-state index contributed by atoms with van der Waals surface area (Å²) in [5, 5.41) is 10.7. The quantitative estimate of drug-likeness (QED) is 0.160. The lowest BCUT2D eigenvalue weighted by molar-refractivity contribution is 0.251. The Bertz CT molecular complexity index is 1890. The van der Waals surface area contributed by atoms with E-state index in [1.165, 1.54) is 0 Å². The number of amides is 2. The van der Waals surface area contributed by atoms with Crippen molar-refractivity contribution in [1.29, 1.82) is 0 Å². The van der Waals surface area contributed by atoms with E-state index in [9.17, 15) is 9.59 Å². The maximum absolute atomic E-state index is 13.2. The van der Waals surface area contributed by atoms with Crippen LogP contribution in [-0.4, -0.2) is 27.5 Å². The van der Waals surface area contributed by atoms with Crippen LogP contribution in [0.4, 0.5) is 10.6 Å². The van der Waals surface area contributed by atoms with Crippen LogP contribution in [-0.2, 0) is 25.1 Å². The Morgan fingerprint density at radius 1 is 0.935 bits per heavy atom. The summed E-state index contributed by atoms with van der Waals surface area (Å²) in [7, 11) is 1.61. The lowest BCUT2D eigenvalue weighted by Gasteiger charge is -2.16. The van der Waals surface area contributed by atoms with Crippen LogP contribution in [0.25, 0.3) is 5.69 Å². The van der Waals surface area contributed by atoms with Crippen LogP contribution < -0.4 is 25.7 Å². The summed E-state index contributed by atoms with van der Waals surface area (Å²) >= 11 is 3.46. The summed E-state index contributed by atoms with van der Waals surface area (Å²) in [6, 6.07) is 28.5. The van der Waals surface area contributed by atoms with Gasteiger partial charge in [-0.05, 0) is 51.7 Å². The molecule has 0 bridgehead atoms. The Morgan fingerprint density at radius 2 is 1.65 bits per heavy atom. The molecule has 0 saturated carbocycles. The van der Waals surface area contributed by atoms with E-state index in [-0.39, 0.29) is 30.2 Å². The maximum Gasteiger partial charge on any atom is 0.320 e. The summed E-state index contributed by atoms with van der Waals surface area (Å²) in [4.78, 5) is 26.4. The molecule has 0 aliphatic carbocycles. The third-order valence-corrected chi connectivity index (χ3v) is 8.29. The molecule has 0 aliphatic heterocycles. The van der Waals surface area contributed by atoms with Crippen molar-refractivity contribution in [1.82, 2.24) is 19.7 Å². The van der Waals surface area contributed by atoms with Crippen molar-refractivity contribution in [2.24, 2.45) is 0 Å². The Labute approximate surface area is 277 Å². The number of anilines is 1. The van der Waals surface area contributed by atoms with Crippen molar-refractivity contribution in [3.63, 3.8) is 0 Å². The highest BCUT2D eigenvalue weighted by atomic mass is 79.9. The molecule has 0 aliphatic rings. The third-order valence-electron chi connectivity index (χ3n) is 7.56. The minimum absolute atomic E-state index is 0.159.